The lowest BCUT2D eigenvalue weighted by atomic mass is 9.96. The second-order valence-electron chi connectivity index (χ2n) is 10.3. The Morgan fingerprint density at radius 1 is 1.11 bits per heavy atom. The molecule has 3 aliphatic heterocycles. The van der Waals surface area contributed by atoms with E-state index in [1.165, 1.54) is 0 Å². The molecule has 38 heavy (non-hydrogen) atoms. The van der Waals surface area contributed by atoms with Crippen molar-refractivity contribution in [3.8, 4) is 28.6 Å². The minimum Gasteiger partial charge on any atom is -0.465 e. The standard InChI is InChI=1S/C27H30N8O3/c1-33(20-12-18-5-6-19(13-20)35(18)27(36)37)25-10-9-23(31-32-25)22-8-7-21(24(14-28)30-22)17-15-29-34(16-17)26-4-2-3-11-38-26/h7-10,15-16,18-20,26H,2-6,11-13H2,1H3,(H,36,37)/t18-,19+,20+,26?. The van der Waals surface area contributed by atoms with Gasteiger partial charge < -0.3 is 19.6 Å². The lowest BCUT2D eigenvalue weighted by Crippen LogP contribution is -2.51. The highest BCUT2D eigenvalue weighted by Crippen LogP contribution is 2.38. The van der Waals surface area contributed by atoms with Crippen LogP contribution in [0.3, 0.4) is 0 Å². The summed E-state index contributed by atoms with van der Waals surface area (Å²) in [5.41, 5.74) is 2.99. The van der Waals surface area contributed by atoms with Gasteiger partial charge in [0, 0.05) is 49.1 Å². The first kappa shape index (κ1) is 24.3. The Labute approximate surface area is 220 Å². The van der Waals surface area contributed by atoms with Crippen LogP contribution in [0.5, 0.6) is 0 Å². The molecule has 0 spiro atoms. The van der Waals surface area contributed by atoms with Gasteiger partial charge in [-0.25, -0.2) is 14.5 Å². The van der Waals surface area contributed by atoms with Crippen molar-refractivity contribution in [1.82, 2.24) is 29.9 Å². The quantitative estimate of drug-likeness (QED) is 0.534. The Hall–Kier alpha value is -4.04. The molecule has 3 aliphatic rings. The summed E-state index contributed by atoms with van der Waals surface area (Å²) in [5, 5.41) is 32.7. The maximum atomic E-state index is 11.6. The van der Waals surface area contributed by atoms with E-state index in [0.29, 0.717) is 22.6 Å². The SMILES string of the molecule is CN(c1ccc(-c2ccc(-c3cnn(C4CCCCO4)c3)c(C#N)n2)nn1)[C@H]1C[C@H]2CC[C@@H](C1)N2C(=O)O. The number of aromatic nitrogens is 5. The molecular formula is C27H30N8O3. The molecule has 3 saturated heterocycles. The molecule has 6 heterocycles. The fourth-order valence-corrected chi connectivity index (χ4v) is 6.10. The number of nitrogens with zero attached hydrogens (tertiary/aromatic N) is 8. The summed E-state index contributed by atoms with van der Waals surface area (Å²) < 4.78 is 7.64. The molecule has 1 unspecified atom stereocenters. The molecule has 4 atom stereocenters. The average molecular weight is 515 g/mol. The van der Waals surface area contributed by atoms with Crippen LogP contribution >= 0.6 is 0 Å². The number of amides is 1. The molecule has 0 saturated carbocycles. The summed E-state index contributed by atoms with van der Waals surface area (Å²) in [4.78, 5) is 19.9. The van der Waals surface area contributed by atoms with E-state index in [-0.39, 0.29) is 24.4 Å². The van der Waals surface area contributed by atoms with Gasteiger partial charge in [-0.2, -0.15) is 10.4 Å². The first-order valence-electron chi connectivity index (χ1n) is 13.2. The Morgan fingerprint density at radius 2 is 1.89 bits per heavy atom. The van der Waals surface area contributed by atoms with E-state index in [0.717, 1.165) is 62.9 Å². The zero-order valence-electron chi connectivity index (χ0n) is 21.3. The number of hydrogen-bond donors (Lipinski definition) is 1. The van der Waals surface area contributed by atoms with E-state index >= 15 is 0 Å². The largest absolute Gasteiger partial charge is 0.465 e. The molecule has 2 bridgehead atoms. The van der Waals surface area contributed by atoms with Crippen molar-refractivity contribution in [2.24, 2.45) is 0 Å². The van der Waals surface area contributed by atoms with Crippen LogP contribution in [0.2, 0.25) is 0 Å². The van der Waals surface area contributed by atoms with E-state index in [4.69, 9.17) is 4.74 Å². The molecule has 11 nitrogen and oxygen atoms in total. The van der Waals surface area contributed by atoms with Crippen LogP contribution in [-0.4, -0.2) is 72.8 Å². The highest BCUT2D eigenvalue weighted by atomic mass is 16.5. The van der Waals surface area contributed by atoms with Crippen molar-refractivity contribution in [3.05, 3.63) is 42.4 Å². The van der Waals surface area contributed by atoms with Gasteiger partial charge in [0.15, 0.2) is 5.82 Å². The molecule has 3 aromatic rings. The Balaban J connectivity index is 1.17. The number of pyridine rings is 1. The molecule has 0 radical (unpaired) electrons. The molecule has 196 valence electrons. The molecular weight excluding hydrogens is 484 g/mol. The average Bonchev–Trinajstić information content (AvgIpc) is 3.55. The summed E-state index contributed by atoms with van der Waals surface area (Å²) in [6.07, 6.45) is 9.30. The van der Waals surface area contributed by atoms with Crippen molar-refractivity contribution in [3.63, 3.8) is 0 Å². The number of hydrogen-bond acceptors (Lipinski definition) is 8. The van der Waals surface area contributed by atoms with Crippen LogP contribution in [0.25, 0.3) is 22.5 Å². The van der Waals surface area contributed by atoms with Gasteiger partial charge in [0.2, 0.25) is 0 Å². The lowest BCUT2D eigenvalue weighted by molar-refractivity contribution is -0.0394. The summed E-state index contributed by atoms with van der Waals surface area (Å²) >= 11 is 0. The first-order valence-corrected chi connectivity index (χ1v) is 13.2. The zero-order valence-corrected chi connectivity index (χ0v) is 21.3. The normalized spacial score (nSPS) is 24.7. The van der Waals surface area contributed by atoms with Crippen LogP contribution in [0, 0.1) is 11.3 Å². The van der Waals surface area contributed by atoms with Gasteiger partial charge in [-0.15, -0.1) is 10.2 Å². The van der Waals surface area contributed by atoms with Crippen LogP contribution in [0.4, 0.5) is 10.6 Å². The van der Waals surface area contributed by atoms with Crippen LogP contribution in [0.1, 0.15) is 56.9 Å². The number of rotatable bonds is 5. The van der Waals surface area contributed by atoms with E-state index in [2.05, 4.69) is 31.2 Å². The van der Waals surface area contributed by atoms with Gasteiger partial charge in [0.25, 0.3) is 0 Å². The van der Waals surface area contributed by atoms with Gasteiger partial charge in [-0.3, -0.25) is 0 Å². The molecule has 6 rings (SSSR count). The maximum absolute atomic E-state index is 11.6. The Bertz CT molecular complexity index is 1350. The van der Waals surface area contributed by atoms with Crippen LogP contribution in [0.15, 0.2) is 36.7 Å². The van der Waals surface area contributed by atoms with Crippen molar-refractivity contribution < 1.29 is 14.6 Å². The van der Waals surface area contributed by atoms with Gasteiger partial charge in [-0.1, -0.05) is 0 Å². The topological polar surface area (TPSA) is 133 Å². The van der Waals surface area contributed by atoms with Crippen molar-refractivity contribution in [2.75, 3.05) is 18.6 Å². The molecule has 3 fully saturated rings. The summed E-state index contributed by atoms with van der Waals surface area (Å²) in [5.74, 6) is 0.733. The zero-order chi connectivity index (χ0) is 26.2. The summed E-state index contributed by atoms with van der Waals surface area (Å²) in [6, 6.07) is 10.0. The van der Waals surface area contributed by atoms with Gasteiger partial charge in [-0.05, 0) is 69.2 Å². The van der Waals surface area contributed by atoms with E-state index < -0.39 is 6.09 Å². The van der Waals surface area contributed by atoms with Crippen molar-refractivity contribution >= 4 is 11.9 Å². The first-order chi connectivity index (χ1) is 18.5. The minimum atomic E-state index is -0.815. The second kappa shape index (κ2) is 10.0. The van der Waals surface area contributed by atoms with Gasteiger partial charge in [0.1, 0.15) is 23.7 Å². The van der Waals surface area contributed by atoms with Crippen molar-refractivity contribution in [2.45, 2.75) is 69.3 Å². The highest BCUT2D eigenvalue weighted by molar-refractivity contribution is 5.70. The summed E-state index contributed by atoms with van der Waals surface area (Å²) in [6.45, 7) is 0.736. The Kier molecular flexibility index (Phi) is 6.41. The van der Waals surface area contributed by atoms with Gasteiger partial charge in [0.05, 0.1) is 11.9 Å². The number of ether oxygens (including phenoxy) is 1. The maximum Gasteiger partial charge on any atom is 0.407 e. The third-order valence-electron chi connectivity index (χ3n) is 8.12. The van der Waals surface area contributed by atoms with Crippen LogP contribution < -0.4 is 4.90 Å². The monoisotopic (exact) mass is 514 g/mol. The van der Waals surface area contributed by atoms with E-state index in [9.17, 15) is 15.2 Å². The molecule has 0 aromatic carbocycles. The molecule has 11 heteroatoms. The number of carbonyl (C=O) groups is 1. The molecule has 1 amide bonds. The Morgan fingerprint density at radius 3 is 2.55 bits per heavy atom. The van der Waals surface area contributed by atoms with E-state index in [1.54, 1.807) is 11.1 Å². The molecule has 1 N–H and O–H groups in total. The number of piperidine rings is 1. The molecule has 0 aliphatic carbocycles. The fourth-order valence-electron chi connectivity index (χ4n) is 6.10. The van der Waals surface area contributed by atoms with Crippen LogP contribution in [-0.2, 0) is 4.74 Å². The predicted octanol–water partition coefficient (Wildman–Crippen LogP) is 4.08. The predicted molar refractivity (Wildman–Crippen MR) is 138 cm³/mol. The van der Waals surface area contributed by atoms with Gasteiger partial charge >= 0.3 is 6.09 Å². The lowest BCUT2D eigenvalue weighted by Gasteiger charge is -2.41. The van der Waals surface area contributed by atoms with E-state index in [1.807, 2.05) is 42.2 Å². The fraction of sp³-hybridized carbons (Fsp3) is 0.481. The number of fused-ring (bicyclic) bond motifs is 2. The summed E-state index contributed by atoms with van der Waals surface area (Å²) in [7, 11) is 1.99. The van der Waals surface area contributed by atoms with Crippen molar-refractivity contribution in [1.29, 1.82) is 5.26 Å². The minimum absolute atomic E-state index is 0.0675. The third-order valence-corrected chi connectivity index (χ3v) is 8.12. The number of nitriles is 1. The number of anilines is 1. The second-order valence-corrected chi connectivity index (χ2v) is 10.3. The highest BCUT2D eigenvalue weighted by Gasteiger charge is 2.44. The number of carboxylic acid groups (broad SMARTS) is 1. The third kappa shape index (κ3) is 4.45. The smallest absolute Gasteiger partial charge is 0.407 e. The molecule has 3 aromatic heterocycles.